The molecule has 0 unspecified atom stereocenters. The highest BCUT2D eigenvalue weighted by atomic mass is 28.2. The van der Waals surface area contributed by atoms with Crippen LogP contribution >= 0.6 is 0 Å². The maximum absolute atomic E-state index is 5.21. The predicted octanol–water partition coefficient (Wildman–Crippen LogP) is 1.50. The Bertz CT molecular complexity index is 283. The Kier molecular flexibility index (Phi) is 0.992. The van der Waals surface area contributed by atoms with Gasteiger partial charge in [0.2, 0.25) is 0 Å². The highest BCUT2D eigenvalue weighted by Crippen LogP contribution is 2.08. The molecule has 0 saturated carbocycles. The molecule has 0 N–H and O–H groups in total. The molecular formula is C7H6OSi. The molecule has 0 spiro atoms. The van der Waals surface area contributed by atoms with E-state index in [0.717, 1.165) is 5.58 Å². The monoisotopic (exact) mass is 134 g/mol. The molecule has 0 aliphatic carbocycles. The molecule has 2 heteroatoms. The van der Waals surface area contributed by atoms with E-state index in [4.69, 9.17) is 4.42 Å². The molecule has 0 bridgehead atoms. The molecule has 2 rings (SSSR count). The van der Waals surface area contributed by atoms with Crippen molar-refractivity contribution in [3.05, 3.63) is 30.1 Å². The normalized spacial score (nSPS) is 10.2. The van der Waals surface area contributed by atoms with Gasteiger partial charge < -0.3 is 4.42 Å². The van der Waals surface area contributed by atoms with Crippen molar-refractivity contribution < 1.29 is 4.42 Å². The summed E-state index contributed by atoms with van der Waals surface area (Å²) in [7, 11) is 0.288. The van der Waals surface area contributed by atoms with E-state index in [1.165, 1.54) is 5.00 Å². The van der Waals surface area contributed by atoms with Crippen LogP contribution in [0.3, 0.4) is 0 Å². The summed E-state index contributed by atoms with van der Waals surface area (Å²) in [6.45, 7) is 0. The Morgan fingerprint density at radius 3 is 3.00 bits per heavy atom. The second kappa shape index (κ2) is 1.81. The lowest BCUT2D eigenvalue weighted by Gasteiger charge is -1.81. The molecule has 1 heterocycles. The molecule has 0 saturated heterocycles. The van der Waals surface area contributed by atoms with Crippen molar-refractivity contribution in [2.24, 2.45) is 0 Å². The minimum atomic E-state index is 0.288. The molecule has 0 radical (unpaired) electrons. The Balaban J connectivity index is 2.95. The van der Waals surface area contributed by atoms with Gasteiger partial charge >= 0.3 is 0 Å². The first kappa shape index (κ1) is 4.94. The van der Waals surface area contributed by atoms with Crippen molar-refractivity contribution in [1.29, 1.82) is 0 Å². The van der Waals surface area contributed by atoms with Gasteiger partial charge in [0.25, 0.3) is 0 Å². The lowest BCUT2D eigenvalue weighted by atomic mass is 10.4. The summed E-state index contributed by atoms with van der Waals surface area (Å²) >= 11 is 0. The lowest BCUT2D eigenvalue weighted by Crippen LogP contribution is -1.62. The summed E-state index contributed by atoms with van der Waals surface area (Å²) in [4.78, 5) is 1.37. The van der Waals surface area contributed by atoms with Crippen molar-refractivity contribution >= 4 is 19.7 Å². The maximum Gasteiger partial charge on any atom is 0.128 e. The summed E-state index contributed by atoms with van der Waals surface area (Å²) in [5.74, 6) is 1.91. The zero-order valence-electron chi connectivity index (χ0n) is 4.87. The van der Waals surface area contributed by atoms with E-state index in [2.05, 4.69) is 6.07 Å². The Morgan fingerprint density at radius 2 is 2.11 bits per heavy atom. The van der Waals surface area contributed by atoms with Crippen LogP contribution in [0.15, 0.2) is 34.6 Å². The van der Waals surface area contributed by atoms with E-state index in [9.17, 15) is 0 Å². The summed E-state index contributed by atoms with van der Waals surface area (Å²) in [5, 5.41) is 0. The van der Waals surface area contributed by atoms with Gasteiger partial charge in [-0.3, -0.25) is 0 Å². The van der Waals surface area contributed by atoms with Gasteiger partial charge in [-0.15, -0.1) is 0 Å². The van der Waals surface area contributed by atoms with Crippen molar-refractivity contribution in [3.63, 3.8) is 0 Å². The third-order valence-electron chi connectivity index (χ3n) is 1.36. The van der Waals surface area contributed by atoms with Crippen molar-refractivity contribution in [3.8, 4) is 0 Å². The fraction of sp³-hybridized carbons (Fsp3) is 0. The zero-order valence-corrected chi connectivity index (χ0v) is 6.03. The fourth-order valence-electron chi connectivity index (χ4n) is 0.906. The van der Waals surface area contributed by atoms with Gasteiger partial charge in [-0.1, -0.05) is 18.2 Å². The van der Waals surface area contributed by atoms with E-state index < -0.39 is 0 Å². The van der Waals surface area contributed by atoms with Crippen LogP contribution in [0.1, 0.15) is 0 Å². The average Bonchev–Trinajstić information content (AvgIpc) is 2.33. The van der Waals surface area contributed by atoms with Gasteiger partial charge in [0.15, 0.2) is 0 Å². The molecule has 0 atom stereocenters. The Hall–Kier alpha value is -0.893. The largest absolute Gasteiger partial charge is 0.470 e. The topological polar surface area (TPSA) is 13.1 Å². The first-order valence-electron chi connectivity index (χ1n) is 2.89. The minimum absolute atomic E-state index is 0.288. The molecule has 0 fully saturated rings. The Labute approximate surface area is 55.0 Å². The molecule has 2 aromatic rings. The molecule has 0 amide bonds. The van der Waals surface area contributed by atoms with E-state index in [1.807, 2.05) is 24.1 Å². The fourth-order valence-corrected chi connectivity index (χ4v) is 1.82. The van der Waals surface area contributed by atoms with Gasteiger partial charge in [-0.25, -0.2) is 0 Å². The van der Waals surface area contributed by atoms with Crippen LogP contribution in [0.25, 0.3) is 10.6 Å². The van der Waals surface area contributed by atoms with Crippen LogP contribution in [0.2, 0.25) is 0 Å². The summed E-state index contributed by atoms with van der Waals surface area (Å²) in [6.07, 6.45) is 0. The van der Waals surface area contributed by atoms with Gasteiger partial charge in [0, 0.05) is 0 Å². The summed E-state index contributed by atoms with van der Waals surface area (Å²) < 4.78 is 5.21. The molecule has 9 heavy (non-hydrogen) atoms. The molecule has 0 aliphatic rings. The van der Waals surface area contributed by atoms with E-state index in [1.54, 1.807) is 0 Å². The van der Waals surface area contributed by atoms with E-state index >= 15 is 0 Å². The second-order valence-corrected chi connectivity index (χ2v) is 3.19. The number of hydrogen-bond donors (Lipinski definition) is 0. The standard InChI is InChI=1S/C7H6OSi/c1-2-4-7-6(3-1)8-5-9-7/h1-5,9H. The molecular weight excluding hydrogens is 128 g/mol. The van der Waals surface area contributed by atoms with Crippen molar-refractivity contribution in [2.75, 3.05) is 0 Å². The van der Waals surface area contributed by atoms with Crippen molar-refractivity contribution in [2.45, 2.75) is 0 Å². The average molecular weight is 134 g/mol. The van der Waals surface area contributed by atoms with Gasteiger partial charge in [0.05, 0.1) is 15.0 Å². The summed E-state index contributed by atoms with van der Waals surface area (Å²) in [6, 6.07) is 8.17. The lowest BCUT2D eigenvalue weighted by molar-refractivity contribution is 0.623. The second-order valence-electron chi connectivity index (χ2n) is 1.96. The highest BCUT2D eigenvalue weighted by molar-refractivity contribution is 6.45. The number of benzene rings is 1. The summed E-state index contributed by atoms with van der Waals surface area (Å²) in [5.41, 5.74) is 1.05. The molecule has 0 aliphatic heterocycles. The number of para-hydroxylation sites is 1. The van der Waals surface area contributed by atoms with Gasteiger partial charge in [-0.05, 0) is 11.1 Å². The number of fused-ring (bicyclic) bond motifs is 1. The molecule has 44 valence electrons. The zero-order chi connectivity index (χ0) is 6.10. The number of rotatable bonds is 0. The Morgan fingerprint density at radius 1 is 1.22 bits per heavy atom. The SMILES string of the molecule is c1ccc2[siH]coc2c1. The third-order valence-corrected chi connectivity index (χ3v) is 2.47. The van der Waals surface area contributed by atoms with Crippen LogP contribution in [-0.4, -0.2) is 9.12 Å². The van der Waals surface area contributed by atoms with Crippen molar-refractivity contribution in [1.82, 2.24) is 0 Å². The predicted molar refractivity (Wildman–Crippen MR) is 39.0 cm³/mol. The highest BCUT2D eigenvalue weighted by Gasteiger charge is 1.89. The first-order valence-corrected chi connectivity index (χ1v) is 4.13. The van der Waals surface area contributed by atoms with E-state index in [-0.39, 0.29) is 9.12 Å². The quantitative estimate of drug-likeness (QED) is 0.498. The van der Waals surface area contributed by atoms with Crippen LogP contribution in [0.5, 0.6) is 0 Å². The maximum atomic E-state index is 5.21. The minimum Gasteiger partial charge on any atom is -0.470 e. The first-order chi connectivity index (χ1) is 4.47. The number of hydrogen-bond acceptors (Lipinski definition) is 1. The van der Waals surface area contributed by atoms with Crippen LogP contribution in [0, 0.1) is 0 Å². The molecule has 1 aromatic heterocycles. The molecule has 1 aromatic carbocycles. The van der Waals surface area contributed by atoms with Crippen LogP contribution < -0.4 is 0 Å². The third kappa shape index (κ3) is 0.714. The molecule has 1 nitrogen and oxygen atoms in total. The van der Waals surface area contributed by atoms with Crippen LogP contribution in [0.4, 0.5) is 0 Å². The van der Waals surface area contributed by atoms with Gasteiger partial charge in [0.1, 0.15) is 5.58 Å². The van der Waals surface area contributed by atoms with E-state index in [0.29, 0.717) is 0 Å². The van der Waals surface area contributed by atoms with Crippen LogP contribution in [-0.2, 0) is 0 Å². The smallest absolute Gasteiger partial charge is 0.128 e. The van der Waals surface area contributed by atoms with Gasteiger partial charge in [-0.2, -0.15) is 0 Å².